The zero-order chi connectivity index (χ0) is 14.1. The summed E-state index contributed by atoms with van der Waals surface area (Å²) in [7, 11) is 0. The molecule has 2 aromatic rings. The quantitative estimate of drug-likeness (QED) is 0.813. The van der Waals surface area contributed by atoms with Crippen molar-refractivity contribution < 1.29 is 3.89 Å². The fourth-order valence-electron chi connectivity index (χ4n) is 2.13. The van der Waals surface area contributed by atoms with Crippen LogP contribution in [0.4, 0.5) is 21.1 Å². The van der Waals surface area contributed by atoms with Crippen molar-refractivity contribution in [3.63, 3.8) is 0 Å². The molecule has 8 heteroatoms. The van der Waals surface area contributed by atoms with Gasteiger partial charge in [0.2, 0.25) is 5.28 Å². The molecular weight excluding hydrogens is 322 g/mol. The van der Waals surface area contributed by atoms with E-state index in [1.165, 1.54) is 6.20 Å². The highest BCUT2D eigenvalue weighted by Crippen LogP contribution is 2.39. The third-order valence-electron chi connectivity index (χ3n) is 3.00. The SMILES string of the molecule is FSc1ccc(Nc2nc(Cl)ncc2Cl)c2c1CCN2. The van der Waals surface area contributed by atoms with Crippen molar-refractivity contribution in [1.29, 1.82) is 0 Å². The molecule has 0 fully saturated rings. The van der Waals surface area contributed by atoms with Gasteiger partial charge in [0, 0.05) is 11.4 Å². The monoisotopic (exact) mass is 330 g/mol. The van der Waals surface area contributed by atoms with E-state index in [0.29, 0.717) is 15.7 Å². The molecule has 3 rings (SSSR count). The molecular formula is C12H9Cl2FN4S. The summed E-state index contributed by atoms with van der Waals surface area (Å²) in [4.78, 5) is 8.46. The maximum Gasteiger partial charge on any atom is 0.224 e. The summed E-state index contributed by atoms with van der Waals surface area (Å²) in [5.74, 6) is 0.420. The minimum Gasteiger partial charge on any atom is -0.383 e. The van der Waals surface area contributed by atoms with Gasteiger partial charge in [-0.15, -0.1) is 0 Å². The molecule has 0 spiro atoms. The minimum absolute atomic E-state index is 0.109. The van der Waals surface area contributed by atoms with Crippen LogP contribution in [-0.2, 0) is 6.42 Å². The van der Waals surface area contributed by atoms with E-state index in [9.17, 15) is 3.89 Å². The zero-order valence-electron chi connectivity index (χ0n) is 10.1. The normalized spacial score (nSPS) is 12.9. The number of rotatable bonds is 3. The Bertz CT molecular complexity index is 668. The van der Waals surface area contributed by atoms with Crippen LogP contribution in [0.15, 0.2) is 23.2 Å². The van der Waals surface area contributed by atoms with Gasteiger partial charge in [0.05, 0.1) is 29.7 Å². The summed E-state index contributed by atoms with van der Waals surface area (Å²) in [6.07, 6.45) is 2.22. The number of benzene rings is 1. The van der Waals surface area contributed by atoms with Gasteiger partial charge in [0.15, 0.2) is 5.82 Å². The van der Waals surface area contributed by atoms with Gasteiger partial charge in [-0.3, -0.25) is 0 Å². The lowest BCUT2D eigenvalue weighted by Gasteiger charge is -2.13. The lowest BCUT2D eigenvalue weighted by Crippen LogP contribution is -2.00. The number of nitrogens with one attached hydrogen (secondary N) is 2. The van der Waals surface area contributed by atoms with Gasteiger partial charge in [0.25, 0.3) is 0 Å². The first-order valence-electron chi connectivity index (χ1n) is 5.82. The Morgan fingerprint density at radius 3 is 3.00 bits per heavy atom. The van der Waals surface area contributed by atoms with Crippen LogP contribution < -0.4 is 10.6 Å². The van der Waals surface area contributed by atoms with Crippen molar-refractivity contribution in [3.8, 4) is 0 Å². The fraction of sp³-hybridized carbons (Fsp3) is 0.167. The highest BCUT2D eigenvalue weighted by molar-refractivity contribution is 7.94. The number of aromatic nitrogens is 2. The van der Waals surface area contributed by atoms with Gasteiger partial charge >= 0.3 is 0 Å². The van der Waals surface area contributed by atoms with Gasteiger partial charge in [-0.25, -0.2) is 4.98 Å². The molecule has 1 aromatic heterocycles. The highest BCUT2D eigenvalue weighted by atomic mass is 35.5. The molecule has 1 aliphatic rings. The summed E-state index contributed by atoms with van der Waals surface area (Å²) >= 11 is 12.0. The molecule has 4 nitrogen and oxygen atoms in total. The lowest BCUT2D eigenvalue weighted by molar-refractivity contribution is 0.928. The Morgan fingerprint density at radius 1 is 1.35 bits per heavy atom. The minimum atomic E-state index is 0.109. The smallest absolute Gasteiger partial charge is 0.224 e. The van der Waals surface area contributed by atoms with Crippen LogP contribution in [0.3, 0.4) is 0 Å². The van der Waals surface area contributed by atoms with Crippen LogP contribution in [-0.4, -0.2) is 16.5 Å². The molecule has 0 atom stereocenters. The van der Waals surface area contributed by atoms with Crippen LogP contribution in [0.5, 0.6) is 0 Å². The van der Waals surface area contributed by atoms with Gasteiger partial charge in [-0.1, -0.05) is 11.6 Å². The maximum atomic E-state index is 12.9. The van der Waals surface area contributed by atoms with Crippen LogP contribution in [0, 0.1) is 0 Å². The highest BCUT2D eigenvalue weighted by Gasteiger charge is 2.19. The molecule has 0 amide bonds. The summed E-state index contributed by atoms with van der Waals surface area (Å²) < 4.78 is 12.9. The summed E-state index contributed by atoms with van der Waals surface area (Å²) in [6, 6.07) is 3.51. The fourth-order valence-corrected chi connectivity index (χ4v) is 2.82. The lowest BCUT2D eigenvalue weighted by atomic mass is 10.1. The topological polar surface area (TPSA) is 49.8 Å². The first kappa shape index (κ1) is 13.7. The van der Waals surface area contributed by atoms with E-state index >= 15 is 0 Å². The molecule has 2 N–H and O–H groups in total. The maximum absolute atomic E-state index is 12.9. The number of hydrogen-bond donors (Lipinski definition) is 2. The van der Waals surface area contributed by atoms with Gasteiger partial charge in [-0.05, 0) is 35.7 Å². The van der Waals surface area contributed by atoms with Crippen molar-refractivity contribution in [3.05, 3.63) is 34.2 Å². The third-order valence-corrected chi connectivity index (χ3v) is 4.01. The third kappa shape index (κ3) is 2.51. The molecule has 20 heavy (non-hydrogen) atoms. The Balaban J connectivity index is 2.00. The first-order chi connectivity index (χ1) is 9.69. The van der Waals surface area contributed by atoms with E-state index in [4.69, 9.17) is 23.2 Å². The Morgan fingerprint density at radius 2 is 2.20 bits per heavy atom. The van der Waals surface area contributed by atoms with Crippen LogP contribution in [0.2, 0.25) is 10.3 Å². The van der Waals surface area contributed by atoms with Crippen molar-refractivity contribution in [2.75, 3.05) is 17.2 Å². The molecule has 2 heterocycles. The van der Waals surface area contributed by atoms with Crippen LogP contribution in [0.25, 0.3) is 0 Å². The Labute approximate surface area is 129 Å². The molecule has 1 aliphatic heterocycles. The van der Waals surface area contributed by atoms with E-state index in [1.807, 2.05) is 0 Å². The Hall–Kier alpha value is -1.24. The Kier molecular flexibility index (Phi) is 3.87. The largest absolute Gasteiger partial charge is 0.383 e. The van der Waals surface area contributed by atoms with Crippen molar-refractivity contribution in [1.82, 2.24) is 9.97 Å². The average Bonchev–Trinajstić information content (AvgIpc) is 2.93. The van der Waals surface area contributed by atoms with E-state index in [2.05, 4.69) is 20.6 Å². The van der Waals surface area contributed by atoms with Gasteiger partial charge in [0.1, 0.15) is 5.02 Å². The van der Waals surface area contributed by atoms with Crippen molar-refractivity contribution in [2.45, 2.75) is 11.3 Å². The van der Waals surface area contributed by atoms with Crippen LogP contribution in [0.1, 0.15) is 5.56 Å². The predicted octanol–water partition coefficient (Wildman–Crippen LogP) is 4.47. The van der Waals surface area contributed by atoms with Crippen LogP contribution >= 0.6 is 35.3 Å². The number of nitrogens with zero attached hydrogens (tertiary/aromatic N) is 2. The molecule has 0 saturated heterocycles. The van der Waals surface area contributed by atoms with Crippen molar-refractivity contribution in [2.24, 2.45) is 0 Å². The van der Waals surface area contributed by atoms with E-state index in [1.54, 1.807) is 12.1 Å². The van der Waals surface area contributed by atoms with E-state index in [0.717, 1.165) is 29.9 Å². The summed E-state index contributed by atoms with van der Waals surface area (Å²) in [5.41, 5.74) is 2.61. The van der Waals surface area contributed by atoms with Crippen molar-refractivity contribution >= 4 is 52.5 Å². The molecule has 0 saturated carbocycles. The number of halogens is 3. The van der Waals surface area contributed by atoms with Gasteiger partial charge in [-0.2, -0.15) is 8.87 Å². The number of fused-ring (bicyclic) bond motifs is 1. The molecule has 104 valence electrons. The van der Waals surface area contributed by atoms with Gasteiger partial charge < -0.3 is 10.6 Å². The second-order valence-electron chi connectivity index (χ2n) is 4.18. The first-order valence-corrected chi connectivity index (χ1v) is 7.29. The zero-order valence-corrected chi connectivity index (χ0v) is 12.4. The number of hydrogen-bond acceptors (Lipinski definition) is 5. The standard InChI is InChI=1S/C12H9Cl2FN4S/c13-7-5-17-12(14)19-11(7)18-8-1-2-9(20-15)6-3-4-16-10(6)8/h1-2,5,16H,3-4H2,(H,17,18,19). The molecule has 0 bridgehead atoms. The average molecular weight is 331 g/mol. The van der Waals surface area contributed by atoms with E-state index in [-0.39, 0.29) is 17.4 Å². The number of anilines is 3. The molecule has 0 aliphatic carbocycles. The molecule has 0 radical (unpaired) electrons. The summed E-state index contributed by atoms with van der Waals surface area (Å²) in [5, 5.41) is 6.81. The van der Waals surface area contributed by atoms with E-state index < -0.39 is 0 Å². The summed E-state index contributed by atoms with van der Waals surface area (Å²) in [6.45, 7) is 0.778. The second-order valence-corrected chi connectivity index (χ2v) is 5.52. The molecule has 0 unspecified atom stereocenters. The molecule has 1 aromatic carbocycles. The predicted molar refractivity (Wildman–Crippen MR) is 80.9 cm³/mol. The second kappa shape index (κ2) is 5.63.